The first-order valence-corrected chi connectivity index (χ1v) is 7.90. The maximum absolute atomic E-state index is 5.96. The van der Waals surface area contributed by atoms with Gasteiger partial charge in [-0.15, -0.1) is 0 Å². The lowest BCUT2D eigenvalue weighted by molar-refractivity contribution is 0.110. The minimum Gasteiger partial charge on any atom is -0.474 e. The molecule has 2 atom stereocenters. The van der Waals surface area contributed by atoms with Crippen LogP contribution in [-0.2, 0) is 4.74 Å². The topological polar surface area (TPSA) is 46.6 Å². The predicted octanol–water partition coefficient (Wildman–Crippen LogP) is 2.14. The Morgan fingerprint density at radius 2 is 2.10 bits per heavy atom. The van der Waals surface area contributed by atoms with Gasteiger partial charge in [0.15, 0.2) is 0 Å². The lowest BCUT2D eigenvalue weighted by atomic mass is 10.1. The second-order valence-electron chi connectivity index (χ2n) is 6.12. The van der Waals surface area contributed by atoms with Crippen LogP contribution in [0.4, 0.5) is 5.69 Å². The van der Waals surface area contributed by atoms with E-state index in [0.29, 0.717) is 12.1 Å². The van der Waals surface area contributed by atoms with Gasteiger partial charge in [0.25, 0.3) is 0 Å². The highest BCUT2D eigenvalue weighted by atomic mass is 16.5. The van der Waals surface area contributed by atoms with Crippen LogP contribution in [0.15, 0.2) is 18.3 Å². The SMILES string of the molecule is C[C@@H]1OCC[C@H]1Nc1ccc(OC2CCN(C)CC2)nc1. The molecule has 2 aliphatic rings. The van der Waals surface area contributed by atoms with Gasteiger partial charge in [-0.05, 0) is 39.3 Å². The Labute approximate surface area is 126 Å². The van der Waals surface area contributed by atoms with Gasteiger partial charge >= 0.3 is 0 Å². The van der Waals surface area contributed by atoms with Crippen molar-refractivity contribution in [3.05, 3.63) is 18.3 Å². The van der Waals surface area contributed by atoms with E-state index in [4.69, 9.17) is 9.47 Å². The van der Waals surface area contributed by atoms with E-state index in [1.807, 2.05) is 18.3 Å². The molecule has 21 heavy (non-hydrogen) atoms. The molecule has 2 saturated heterocycles. The third-order valence-electron chi connectivity index (χ3n) is 4.42. The molecule has 1 aromatic rings. The van der Waals surface area contributed by atoms with Crippen molar-refractivity contribution in [2.45, 2.75) is 44.4 Å². The summed E-state index contributed by atoms with van der Waals surface area (Å²) < 4.78 is 11.5. The van der Waals surface area contributed by atoms with E-state index >= 15 is 0 Å². The molecule has 5 heteroatoms. The molecule has 0 bridgehead atoms. The number of pyridine rings is 1. The summed E-state index contributed by atoms with van der Waals surface area (Å²) in [5.74, 6) is 0.728. The summed E-state index contributed by atoms with van der Waals surface area (Å²) in [4.78, 5) is 6.76. The van der Waals surface area contributed by atoms with Gasteiger partial charge in [-0.3, -0.25) is 0 Å². The molecular weight excluding hydrogens is 266 g/mol. The lowest BCUT2D eigenvalue weighted by Crippen LogP contribution is -2.35. The van der Waals surface area contributed by atoms with E-state index in [2.05, 4.69) is 29.2 Å². The summed E-state index contributed by atoms with van der Waals surface area (Å²) in [6.07, 6.45) is 5.63. The van der Waals surface area contributed by atoms with E-state index in [1.54, 1.807) is 0 Å². The van der Waals surface area contributed by atoms with Crippen molar-refractivity contribution in [1.82, 2.24) is 9.88 Å². The number of ether oxygens (including phenoxy) is 2. The number of hydrogen-bond donors (Lipinski definition) is 1. The highest BCUT2D eigenvalue weighted by Gasteiger charge is 2.24. The molecule has 0 unspecified atom stereocenters. The number of nitrogens with one attached hydrogen (secondary N) is 1. The molecule has 1 N–H and O–H groups in total. The second kappa shape index (κ2) is 6.62. The summed E-state index contributed by atoms with van der Waals surface area (Å²) in [5, 5.41) is 3.48. The number of hydrogen-bond acceptors (Lipinski definition) is 5. The van der Waals surface area contributed by atoms with Crippen molar-refractivity contribution in [3.8, 4) is 5.88 Å². The van der Waals surface area contributed by atoms with Crippen LogP contribution in [-0.4, -0.2) is 54.9 Å². The fourth-order valence-corrected chi connectivity index (χ4v) is 2.94. The molecule has 2 fully saturated rings. The molecule has 0 saturated carbocycles. The predicted molar refractivity (Wildman–Crippen MR) is 82.8 cm³/mol. The Kier molecular flexibility index (Phi) is 4.60. The minimum atomic E-state index is 0.264. The summed E-state index contributed by atoms with van der Waals surface area (Å²) in [7, 11) is 2.16. The standard InChI is InChI=1S/C16H25N3O2/c1-12-15(7-10-20-12)18-13-3-4-16(17-11-13)21-14-5-8-19(2)9-6-14/h3-4,11-12,14-15,18H,5-10H2,1-2H3/t12-,15+/m0/s1. The largest absolute Gasteiger partial charge is 0.474 e. The van der Waals surface area contributed by atoms with Gasteiger partial charge in [-0.1, -0.05) is 0 Å². The summed E-state index contributed by atoms with van der Waals surface area (Å²) in [6, 6.07) is 4.39. The number of rotatable bonds is 4. The van der Waals surface area contributed by atoms with Crippen LogP contribution in [0.5, 0.6) is 5.88 Å². The molecule has 5 nitrogen and oxygen atoms in total. The van der Waals surface area contributed by atoms with E-state index in [9.17, 15) is 0 Å². The van der Waals surface area contributed by atoms with Gasteiger partial charge in [-0.2, -0.15) is 0 Å². The van der Waals surface area contributed by atoms with Crippen LogP contribution in [0, 0.1) is 0 Å². The first-order chi connectivity index (χ1) is 10.2. The van der Waals surface area contributed by atoms with Crippen LogP contribution >= 0.6 is 0 Å². The fraction of sp³-hybridized carbons (Fsp3) is 0.688. The molecule has 2 aliphatic heterocycles. The Morgan fingerprint density at radius 1 is 1.29 bits per heavy atom. The third-order valence-corrected chi connectivity index (χ3v) is 4.42. The minimum absolute atomic E-state index is 0.264. The molecule has 0 spiro atoms. The number of aromatic nitrogens is 1. The first-order valence-electron chi connectivity index (χ1n) is 7.90. The van der Waals surface area contributed by atoms with Gasteiger partial charge in [0.2, 0.25) is 5.88 Å². The van der Waals surface area contributed by atoms with E-state index in [-0.39, 0.29) is 6.10 Å². The van der Waals surface area contributed by atoms with Crippen molar-refractivity contribution < 1.29 is 9.47 Å². The Hall–Kier alpha value is -1.33. The lowest BCUT2D eigenvalue weighted by Gasteiger charge is -2.28. The normalized spacial score (nSPS) is 27.7. The van der Waals surface area contributed by atoms with E-state index in [0.717, 1.165) is 50.5 Å². The number of likely N-dealkylation sites (tertiary alicyclic amines) is 1. The molecule has 3 rings (SSSR count). The Bertz CT molecular complexity index is 443. The third kappa shape index (κ3) is 3.86. The highest BCUT2D eigenvalue weighted by molar-refractivity contribution is 5.43. The molecule has 0 amide bonds. The molecule has 0 aromatic carbocycles. The van der Waals surface area contributed by atoms with E-state index in [1.165, 1.54) is 0 Å². The van der Waals surface area contributed by atoms with Gasteiger partial charge in [0, 0.05) is 25.8 Å². The Balaban J connectivity index is 1.52. The monoisotopic (exact) mass is 291 g/mol. The summed E-state index contributed by atoms with van der Waals surface area (Å²) in [6.45, 7) is 5.15. The Morgan fingerprint density at radius 3 is 2.71 bits per heavy atom. The first kappa shape index (κ1) is 14.6. The van der Waals surface area contributed by atoms with Gasteiger partial charge in [0.1, 0.15) is 6.10 Å². The summed E-state index contributed by atoms with van der Waals surface area (Å²) >= 11 is 0. The maximum Gasteiger partial charge on any atom is 0.213 e. The van der Waals surface area contributed by atoms with E-state index < -0.39 is 0 Å². The van der Waals surface area contributed by atoms with Crippen molar-refractivity contribution in [2.75, 3.05) is 32.1 Å². The molecular formula is C16H25N3O2. The molecule has 116 valence electrons. The second-order valence-corrected chi connectivity index (χ2v) is 6.12. The zero-order valence-electron chi connectivity index (χ0n) is 12.9. The molecule has 0 radical (unpaired) electrons. The average Bonchev–Trinajstić information content (AvgIpc) is 2.89. The number of nitrogens with zero attached hydrogens (tertiary/aromatic N) is 2. The van der Waals surface area contributed by atoms with Crippen molar-refractivity contribution in [3.63, 3.8) is 0 Å². The van der Waals surface area contributed by atoms with Crippen LogP contribution in [0.25, 0.3) is 0 Å². The summed E-state index contributed by atoms with van der Waals surface area (Å²) in [5.41, 5.74) is 1.04. The number of piperidine rings is 1. The van der Waals surface area contributed by atoms with Gasteiger partial charge < -0.3 is 19.7 Å². The van der Waals surface area contributed by atoms with Crippen LogP contribution in [0.1, 0.15) is 26.2 Å². The quantitative estimate of drug-likeness (QED) is 0.921. The molecule has 0 aliphatic carbocycles. The van der Waals surface area contributed by atoms with Gasteiger partial charge in [0.05, 0.1) is 24.0 Å². The smallest absolute Gasteiger partial charge is 0.213 e. The molecule has 1 aromatic heterocycles. The number of anilines is 1. The highest BCUT2D eigenvalue weighted by Crippen LogP contribution is 2.21. The van der Waals surface area contributed by atoms with Crippen LogP contribution < -0.4 is 10.1 Å². The van der Waals surface area contributed by atoms with Crippen LogP contribution in [0.2, 0.25) is 0 Å². The average molecular weight is 291 g/mol. The maximum atomic E-state index is 5.96. The van der Waals surface area contributed by atoms with Crippen molar-refractivity contribution in [1.29, 1.82) is 0 Å². The van der Waals surface area contributed by atoms with Crippen LogP contribution in [0.3, 0.4) is 0 Å². The van der Waals surface area contributed by atoms with Crippen molar-refractivity contribution in [2.24, 2.45) is 0 Å². The van der Waals surface area contributed by atoms with Crippen molar-refractivity contribution >= 4 is 5.69 Å². The zero-order valence-corrected chi connectivity index (χ0v) is 12.9. The molecule has 3 heterocycles. The fourth-order valence-electron chi connectivity index (χ4n) is 2.94. The zero-order chi connectivity index (χ0) is 14.7. The van der Waals surface area contributed by atoms with Gasteiger partial charge in [-0.25, -0.2) is 4.98 Å².